The predicted octanol–water partition coefficient (Wildman–Crippen LogP) is 1.84. The van der Waals surface area contributed by atoms with Crippen LogP contribution in [0, 0.1) is 5.41 Å². The lowest BCUT2D eigenvalue weighted by Gasteiger charge is -2.16. The van der Waals surface area contributed by atoms with Crippen LogP contribution in [0.2, 0.25) is 0 Å². The van der Waals surface area contributed by atoms with Gasteiger partial charge in [0.25, 0.3) is 0 Å². The first-order valence-corrected chi connectivity index (χ1v) is 3.86. The average Bonchev–Trinajstić information content (AvgIpc) is 2.15. The molecule has 0 amide bonds. The van der Waals surface area contributed by atoms with Crippen molar-refractivity contribution in [3.63, 3.8) is 0 Å². The van der Waals surface area contributed by atoms with E-state index in [9.17, 15) is 0 Å². The summed E-state index contributed by atoms with van der Waals surface area (Å²) in [6.07, 6.45) is 8.86. The van der Waals surface area contributed by atoms with Gasteiger partial charge in [-0.15, -0.1) is 0 Å². The monoisotopic (exact) mass is 150 g/mol. The zero-order chi connectivity index (χ0) is 8.32. The SMILES string of the molecule is CCC1(C)C=CC=C(N)N=C1. The van der Waals surface area contributed by atoms with Crippen LogP contribution in [0.15, 0.2) is 29.0 Å². The lowest BCUT2D eigenvalue weighted by molar-refractivity contribution is 0.587. The van der Waals surface area contributed by atoms with Crippen LogP contribution < -0.4 is 5.73 Å². The fourth-order valence-corrected chi connectivity index (χ4v) is 0.884. The summed E-state index contributed by atoms with van der Waals surface area (Å²) in [5, 5.41) is 0. The van der Waals surface area contributed by atoms with Crippen LogP contribution in [0.5, 0.6) is 0 Å². The molecule has 0 fully saturated rings. The molecule has 1 rings (SSSR count). The molecule has 1 unspecified atom stereocenters. The van der Waals surface area contributed by atoms with Gasteiger partial charge in [-0.1, -0.05) is 26.0 Å². The van der Waals surface area contributed by atoms with Crippen LogP contribution in [-0.2, 0) is 0 Å². The molecule has 1 aliphatic rings. The Morgan fingerprint density at radius 3 is 3.00 bits per heavy atom. The van der Waals surface area contributed by atoms with Gasteiger partial charge in [0.2, 0.25) is 0 Å². The molecule has 2 nitrogen and oxygen atoms in total. The van der Waals surface area contributed by atoms with E-state index in [2.05, 4.69) is 24.9 Å². The second kappa shape index (κ2) is 2.91. The molecule has 0 aliphatic carbocycles. The van der Waals surface area contributed by atoms with Gasteiger partial charge in [-0.05, 0) is 12.5 Å². The first-order chi connectivity index (χ1) is 5.16. The highest BCUT2D eigenvalue weighted by Crippen LogP contribution is 2.21. The number of allylic oxidation sites excluding steroid dienone is 3. The van der Waals surface area contributed by atoms with Crippen molar-refractivity contribution in [2.24, 2.45) is 16.1 Å². The molecule has 0 spiro atoms. The normalized spacial score (nSPS) is 29.8. The van der Waals surface area contributed by atoms with Gasteiger partial charge in [0.1, 0.15) is 5.82 Å². The van der Waals surface area contributed by atoms with Crippen molar-refractivity contribution in [2.75, 3.05) is 0 Å². The van der Waals surface area contributed by atoms with Crippen LogP contribution >= 0.6 is 0 Å². The van der Waals surface area contributed by atoms with E-state index in [1.54, 1.807) is 0 Å². The largest absolute Gasteiger partial charge is 0.384 e. The van der Waals surface area contributed by atoms with E-state index >= 15 is 0 Å². The summed E-state index contributed by atoms with van der Waals surface area (Å²) in [5.41, 5.74) is 5.60. The first-order valence-electron chi connectivity index (χ1n) is 3.86. The molecular weight excluding hydrogens is 136 g/mol. The Labute approximate surface area is 67.5 Å². The number of rotatable bonds is 1. The van der Waals surface area contributed by atoms with Gasteiger partial charge in [0, 0.05) is 11.6 Å². The fraction of sp³-hybridized carbons (Fsp3) is 0.444. The molecule has 0 radical (unpaired) electrons. The number of aliphatic imine (C=N–C) groups is 1. The highest BCUT2D eigenvalue weighted by Gasteiger charge is 2.15. The third-order valence-corrected chi connectivity index (χ3v) is 2.01. The van der Waals surface area contributed by atoms with E-state index in [0.29, 0.717) is 5.82 Å². The smallest absolute Gasteiger partial charge is 0.122 e. The summed E-state index contributed by atoms with van der Waals surface area (Å²) in [5.74, 6) is 0.582. The minimum atomic E-state index is 0.0810. The topological polar surface area (TPSA) is 38.4 Å². The summed E-state index contributed by atoms with van der Waals surface area (Å²) in [4.78, 5) is 4.10. The van der Waals surface area contributed by atoms with E-state index in [4.69, 9.17) is 5.73 Å². The summed E-state index contributed by atoms with van der Waals surface area (Å²) < 4.78 is 0. The predicted molar refractivity (Wildman–Crippen MR) is 48.3 cm³/mol. The van der Waals surface area contributed by atoms with Gasteiger partial charge in [0.15, 0.2) is 0 Å². The van der Waals surface area contributed by atoms with Crippen molar-refractivity contribution in [1.29, 1.82) is 0 Å². The Morgan fingerprint density at radius 2 is 2.36 bits per heavy atom. The van der Waals surface area contributed by atoms with Crippen LogP contribution in [0.1, 0.15) is 20.3 Å². The van der Waals surface area contributed by atoms with E-state index in [0.717, 1.165) is 6.42 Å². The Morgan fingerprint density at radius 1 is 1.64 bits per heavy atom. The first kappa shape index (κ1) is 8.05. The maximum absolute atomic E-state index is 5.52. The van der Waals surface area contributed by atoms with Gasteiger partial charge in [-0.2, -0.15) is 0 Å². The highest BCUT2D eigenvalue weighted by atomic mass is 14.9. The van der Waals surface area contributed by atoms with Gasteiger partial charge in [-0.3, -0.25) is 0 Å². The Balaban J connectivity index is 2.86. The minimum Gasteiger partial charge on any atom is -0.384 e. The minimum absolute atomic E-state index is 0.0810. The van der Waals surface area contributed by atoms with E-state index in [-0.39, 0.29) is 5.41 Å². The van der Waals surface area contributed by atoms with Crippen molar-refractivity contribution in [3.8, 4) is 0 Å². The number of nitrogens with zero attached hydrogens (tertiary/aromatic N) is 1. The van der Waals surface area contributed by atoms with Crippen LogP contribution in [0.25, 0.3) is 0 Å². The van der Waals surface area contributed by atoms with Gasteiger partial charge in [-0.25, -0.2) is 4.99 Å². The number of nitrogens with two attached hydrogens (primary N) is 1. The molecule has 1 aliphatic heterocycles. The molecule has 2 heteroatoms. The lowest BCUT2D eigenvalue weighted by Crippen LogP contribution is -2.12. The second-order valence-electron chi connectivity index (χ2n) is 3.07. The third kappa shape index (κ3) is 1.93. The molecule has 0 saturated heterocycles. The molecule has 60 valence electrons. The van der Waals surface area contributed by atoms with E-state index in [1.807, 2.05) is 18.4 Å². The third-order valence-electron chi connectivity index (χ3n) is 2.01. The molecule has 0 aromatic rings. The van der Waals surface area contributed by atoms with Crippen molar-refractivity contribution in [1.82, 2.24) is 0 Å². The van der Waals surface area contributed by atoms with Gasteiger partial charge >= 0.3 is 0 Å². The molecule has 0 aromatic carbocycles. The fourth-order valence-electron chi connectivity index (χ4n) is 0.884. The Bertz CT molecular complexity index is 226. The summed E-state index contributed by atoms with van der Waals surface area (Å²) in [6, 6.07) is 0. The summed E-state index contributed by atoms with van der Waals surface area (Å²) in [6.45, 7) is 4.28. The molecule has 0 saturated carbocycles. The number of hydrogen-bond donors (Lipinski definition) is 1. The zero-order valence-corrected chi connectivity index (χ0v) is 7.04. The van der Waals surface area contributed by atoms with E-state index in [1.165, 1.54) is 0 Å². The lowest BCUT2D eigenvalue weighted by atomic mass is 9.89. The van der Waals surface area contributed by atoms with Crippen molar-refractivity contribution in [2.45, 2.75) is 20.3 Å². The Kier molecular flexibility index (Phi) is 2.13. The van der Waals surface area contributed by atoms with Crippen molar-refractivity contribution in [3.05, 3.63) is 24.0 Å². The zero-order valence-electron chi connectivity index (χ0n) is 7.04. The molecular formula is C9H14N2. The molecule has 0 bridgehead atoms. The molecule has 1 heterocycles. The highest BCUT2D eigenvalue weighted by molar-refractivity contribution is 5.70. The maximum atomic E-state index is 5.52. The van der Waals surface area contributed by atoms with Crippen molar-refractivity contribution >= 4 is 6.21 Å². The van der Waals surface area contributed by atoms with Crippen LogP contribution in [0.4, 0.5) is 0 Å². The summed E-state index contributed by atoms with van der Waals surface area (Å²) in [7, 11) is 0. The molecule has 11 heavy (non-hydrogen) atoms. The van der Waals surface area contributed by atoms with Gasteiger partial charge in [0.05, 0.1) is 0 Å². The van der Waals surface area contributed by atoms with Gasteiger partial charge < -0.3 is 5.73 Å². The second-order valence-corrected chi connectivity index (χ2v) is 3.07. The maximum Gasteiger partial charge on any atom is 0.122 e. The Hall–Kier alpha value is -1.05. The standard InChI is InChI=1S/C9H14N2/c1-3-9(2)6-4-5-8(10)11-7-9/h4-7H,3,10H2,1-2H3. The summed E-state index contributed by atoms with van der Waals surface area (Å²) >= 11 is 0. The van der Waals surface area contributed by atoms with Crippen molar-refractivity contribution < 1.29 is 0 Å². The molecule has 1 atom stereocenters. The molecule has 2 N–H and O–H groups in total. The average molecular weight is 150 g/mol. The van der Waals surface area contributed by atoms with E-state index < -0.39 is 0 Å². The quantitative estimate of drug-likeness (QED) is 0.608. The number of hydrogen-bond acceptors (Lipinski definition) is 2. The van der Waals surface area contributed by atoms with Crippen LogP contribution in [-0.4, -0.2) is 6.21 Å². The molecule has 0 aromatic heterocycles. The van der Waals surface area contributed by atoms with Crippen LogP contribution in [0.3, 0.4) is 0 Å².